The van der Waals surface area contributed by atoms with E-state index in [4.69, 9.17) is 4.74 Å². The third-order valence-electron chi connectivity index (χ3n) is 2.70. The zero-order chi connectivity index (χ0) is 13.6. The van der Waals surface area contributed by atoms with E-state index in [0.717, 1.165) is 24.3 Å². The smallest absolute Gasteiger partial charge is 0.123 e. The fourth-order valence-corrected chi connectivity index (χ4v) is 1.55. The van der Waals surface area contributed by atoms with Crippen molar-refractivity contribution >= 4 is 0 Å². The molecule has 0 aliphatic carbocycles. The Labute approximate surface area is 110 Å². The van der Waals surface area contributed by atoms with Crippen molar-refractivity contribution in [2.75, 3.05) is 13.2 Å². The molecule has 0 amide bonds. The first-order chi connectivity index (χ1) is 8.42. The summed E-state index contributed by atoms with van der Waals surface area (Å²) in [4.78, 5) is 0. The number of halogens is 1. The Morgan fingerprint density at radius 1 is 1.28 bits per heavy atom. The van der Waals surface area contributed by atoms with Crippen LogP contribution in [0.3, 0.4) is 0 Å². The van der Waals surface area contributed by atoms with Gasteiger partial charge in [-0.2, -0.15) is 0 Å². The number of ether oxygens (including phenoxy) is 1. The van der Waals surface area contributed by atoms with Crippen molar-refractivity contribution in [2.45, 2.75) is 40.7 Å². The van der Waals surface area contributed by atoms with Crippen molar-refractivity contribution in [1.82, 2.24) is 5.32 Å². The van der Waals surface area contributed by atoms with Gasteiger partial charge < -0.3 is 10.1 Å². The van der Waals surface area contributed by atoms with E-state index in [1.54, 1.807) is 6.07 Å². The maximum Gasteiger partial charge on any atom is 0.123 e. The summed E-state index contributed by atoms with van der Waals surface area (Å²) in [6, 6.07) is 4.70. The van der Waals surface area contributed by atoms with Gasteiger partial charge in [-0.1, -0.05) is 27.7 Å². The molecule has 0 bridgehead atoms. The van der Waals surface area contributed by atoms with E-state index in [1.165, 1.54) is 12.1 Å². The van der Waals surface area contributed by atoms with Crippen molar-refractivity contribution in [3.05, 3.63) is 29.6 Å². The fraction of sp³-hybridized carbons (Fsp3) is 0.600. The lowest BCUT2D eigenvalue weighted by Crippen LogP contribution is -2.15. The normalized spacial score (nSPS) is 11.6. The van der Waals surface area contributed by atoms with E-state index < -0.39 is 0 Å². The third kappa shape index (κ3) is 5.50. The summed E-state index contributed by atoms with van der Waals surface area (Å²) in [7, 11) is 0. The van der Waals surface area contributed by atoms with Gasteiger partial charge in [0.2, 0.25) is 0 Å². The van der Waals surface area contributed by atoms with Crippen molar-refractivity contribution < 1.29 is 9.13 Å². The van der Waals surface area contributed by atoms with Crippen LogP contribution in [0.5, 0.6) is 5.75 Å². The number of hydrogen-bond acceptors (Lipinski definition) is 2. The van der Waals surface area contributed by atoms with E-state index >= 15 is 0 Å². The molecule has 0 spiro atoms. The van der Waals surface area contributed by atoms with Crippen LogP contribution in [0.4, 0.5) is 4.39 Å². The molecule has 0 saturated heterocycles. The third-order valence-corrected chi connectivity index (χ3v) is 2.70. The van der Waals surface area contributed by atoms with Crippen molar-refractivity contribution in [3.63, 3.8) is 0 Å². The minimum Gasteiger partial charge on any atom is -0.493 e. The topological polar surface area (TPSA) is 21.3 Å². The predicted molar refractivity (Wildman–Crippen MR) is 73.3 cm³/mol. The van der Waals surface area contributed by atoms with Gasteiger partial charge in [-0.15, -0.1) is 0 Å². The van der Waals surface area contributed by atoms with E-state index in [-0.39, 0.29) is 11.2 Å². The van der Waals surface area contributed by atoms with Gasteiger partial charge >= 0.3 is 0 Å². The van der Waals surface area contributed by atoms with Gasteiger partial charge in [-0.3, -0.25) is 0 Å². The zero-order valence-corrected chi connectivity index (χ0v) is 11.8. The van der Waals surface area contributed by atoms with Crippen LogP contribution in [0.1, 0.15) is 39.7 Å². The highest BCUT2D eigenvalue weighted by molar-refractivity contribution is 5.33. The molecule has 1 aromatic carbocycles. The number of benzene rings is 1. The largest absolute Gasteiger partial charge is 0.493 e. The Hall–Kier alpha value is -1.09. The first kappa shape index (κ1) is 15.0. The molecule has 0 radical (unpaired) electrons. The lowest BCUT2D eigenvalue weighted by atomic mass is 9.93. The van der Waals surface area contributed by atoms with Gasteiger partial charge in [-0.05, 0) is 36.6 Å². The standard InChI is InChI=1S/C15H24FNO/c1-5-17-11-12-10-13(16)6-7-14(12)18-9-8-15(2,3)4/h6-7,10,17H,5,8-9,11H2,1-4H3. The van der Waals surface area contributed by atoms with Gasteiger partial charge in [0.05, 0.1) is 6.61 Å². The van der Waals surface area contributed by atoms with Crippen LogP contribution in [0.25, 0.3) is 0 Å². The molecule has 0 fully saturated rings. The maximum absolute atomic E-state index is 13.2. The number of hydrogen-bond donors (Lipinski definition) is 1. The molecular formula is C15H24FNO. The minimum atomic E-state index is -0.217. The van der Waals surface area contributed by atoms with E-state index in [0.29, 0.717) is 13.2 Å². The van der Waals surface area contributed by atoms with Crippen LogP contribution in [-0.2, 0) is 6.54 Å². The summed E-state index contributed by atoms with van der Waals surface area (Å²) in [6.45, 7) is 10.7. The summed E-state index contributed by atoms with van der Waals surface area (Å²) in [5.41, 5.74) is 1.13. The zero-order valence-electron chi connectivity index (χ0n) is 11.8. The van der Waals surface area contributed by atoms with Crippen molar-refractivity contribution in [3.8, 4) is 5.75 Å². The molecule has 1 aromatic rings. The Bertz CT molecular complexity index is 371. The monoisotopic (exact) mass is 253 g/mol. The molecular weight excluding hydrogens is 229 g/mol. The second-order valence-electron chi connectivity index (χ2n) is 5.69. The summed E-state index contributed by atoms with van der Waals surface area (Å²) in [6.07, 6.45) is 0.977. The molecule has 0 unspecified atom stereocenters. The van der Waals surface area contributed by atoms with Crippen molar-refractivity contribution in [1.29, 1.82) is 0 Å². The molecule has 0 aromatic heterocycles. The van der Waals surface area contributed by atoms with E-state index in [1.807, 2.05) is 6.92 Å². The highest BCUT2D eigenvalue weighted by Crippen LogP contribution is 2.23. The molecule has 18 heavy (non-hydrogen) atoms. The lowest BCUT2D eigenvalue weighted by Gasteiger charge is -2.19. The summed E-state index contributed by atoms with van der Waals surface area (Å²) < 4.78 is 19.0. The molecule has 0 atom stereocenters. The average molecular weight is 253 g/mol. The predicted octanol–water partition coefficient (Wildman–Crippen LogP) is 3.75. The first-order valence-corrected chi connectivity index (χ1v) is 6.54. The van der Waals surface area contributed by atoms with Gasteiger partial charge in [0.1, 0.15) is 11.6 Å². The Balaban J connectivity index is 2.63. The second-order valence-corrected chi connectivity index (χ2v) is 5.69. The number of rotatable bonds is 6. The van der Waals surface area contributed by atoms with Crippen LogP contribution >= 0.6 is 0 Å². The first-order valence-electron chi connectivity index (χ1n) is 6.54. The summed E-state index contributed by atoms with van der Waals surface area (Å²) in [5.74, 6) is 0.563. The molecule has 0 aliphatic heterocycles. The second kappa shape index (κ2) is 6.74. The van der Waals surface area contributed by atoms with Crippen LogP contribution in [-0.4, -0.2) is 13.2 Å². The van der Waals surface area contributed by atoms with Crippen LogP contribution < -0.4 is 10.1 Å². The molecule has 102 valence electrons. The Kier molecular flexibility index (Phi) is 5.60. The quantitative estimate of drug-likeness (QED) is 0.833. The van der Waals surface area contributed by atoms with Gasteiger partial charge in [0, 0.05) is 12.1 Å². The molecule has 0 aliphatic rings. The molecule has 0 saturated carbocycles. The Morgan fingerprint density at radius 2 is 2.00 bits per heavy atom. The highest BCUT2D eigenvalue weighted by atomic mass is 19.1. The molecule has 1 N–H and O–H groups in total. The van der Waals surface area contributed by atoms with Gasteiger partial charge in [0.25, 0.3) is 0 Å². The highest BCUT2D eigenvalue weighted by Gasteiger charge is 2.11. The van der Waals surface area contributed by atoms with Gasteiger partial charge in [0.15, 0.2) is 0 Å². The molecule has 2 nitrogen and oxygen atoms in total. The van der Waals surface area contributed by atoms with Gasteiger partial charge in [-0.25, -0.2) is 4.39 Å². The number of nitrogens with one attached hydrogen (secondary N) is 1. The van der Waals surface area contributed by atoms with Crippen LogP contribution in [0, 0.1) is 11.2 Å². The maximum atomic E-state index is 13.2. The summed E-state index contributed by atoms with van der Waals surface area (Å²) >= 11 is 0. The van der Waals surface area contributed by atoms with Crippen molar-refractivity contribution in [2.24, 2.45) is 5.41 Å². The molecule has 0 heterocycles. The average Bonchev–Trinajstić information content (AvgIpc) is 2.27. The van der Waals surface area contributed by atoms with E-state index in [9.17, 15) is 4.39 Å². The minimum absolute atomic E-state index is 0.217. The van der Waals surface area contributed by atoms with Crippen LogP contribution in [0.2, 0.25) is 0 Å². The fourth-order valence-electron chi connectivity index (χ4n) is 1.55. The summed E-state index contributed by atoms with van der Waals surface area (Å²) in [5, 5.41) is 3.19. The SMILES string of the molecule is CCNCc1cc(F)ccc1OCCC(C)(C)C. The molecule has 3 heteroatoms. The Morgan fingerprint density at radius 3 is 2.61 bits per heavy atom. The lowest BCUT2D eigenvalue weighted by molar-refractivity contribution is 0.241. The van der Waals surface area contributed by atoms with Crippen LogP contribution in [0.15, 0.2) is 18.2 Å². The van der Waals surface area contributed by atoms with E-state index in [2.05, 4.69) is 26.1 Å². The molecule has 1 rings (SSSR count).